The molecule has 0 amide bonds. The average Bonchev–Trinajstić information content (AvgIpc) is 3.08. The summed E-state index contributed by atoms with van der Waals surface area (Å²) in [4.78, 5) is 38.9. The zero-order chi connectivity index (χ0) is 37.0. The highest BCUT2D eigenvalue weighted by atomic mass is 16.7. The summed E-state index contributed by atoms with van der Waals surface area (Å²) < 4.78 is 41.4. The second-order valence-corrected chi connectivity index (χ2v) is 14.6. The van der Waals surface area contributed by atoms with Crippen LogP contribution in [0.5, 0.6) is 0 Å². The zero-order valence-corrected chi connectivity index (χ0v) is 30.7. The van der Waals surface area contributed by atoms with Crippen molar-refractivity contribution in [2.24, 2.45) is 5.92 Å². The fourth-order valence-corrected chi connectivity index (χ4v) is 7.35. The molecular formula is C38H60O13. The minimum atomic E-state index is -2.19. The molecule has 0 spiro atoms. The molecule has 4 aliphatic rings. The van der Waals surface area contributed by atoms with E-state index in [0.717, 1.165) is 44.9 Å². The van der Waals surface area contributed by atoms with Crippen molar-refractivity contribution in [2.75, 3.05) is 13.7 Å². The van der Waals surface area contributed by atoms with E-state index in [2.05, 4.69) is 6.92 Å². The Hall–Kier alpha value is -2.39. The third-order valence-electron chi connectivity index (χ3n) is 10.2. The van der Waals surface area contributed by atoms with Crippen LogP contribution in [0.1, 0.15) is 117 Å². The van der Waals surface area contributed by atoms with E-state index in [4.69, 9.17) is 33.2 Å². The summed E-state index contributed by atoms with van der Waals surface area (Å²) >= 11 is 0. The molecule has 6 bridgehead atoms. The van der Waals surface area contributed by atoms with Crippen LogP contribution < -0.4 is 0 Å². The van der Waals surface area contributed by atoms with Crippen LogP contribution in [0.4, 0.5) is 0 Å². The maximum Gasteiger partial charge on any atom is 0.330 e. The van der Waals surface area contributed by atoms with Gasteiger partial charge in [-0.15, -0.1) is 0 Å². The van der Waals surface area contributed by atoms with Gasteiger partial charge >= 0.3 is 17.9 Å². The van der Waals surface area contributed by atoms with E-state index in [1.165, 1.54) is 20.1 Å². The van der Waals surface area contributed by atoms with Crippen LogP contribution in [0, 0.1) is 5.92 Å². The van der Waals surface area contributed by atoms with E-state index in [0.29, 0.717) is 25.9 Å². The molecule has 4 heterocycles. The van der Waals surface area contributed by atoms with E-state index in [1.54, 1.807) is 19.1 Å². The zero-order valence-electron chi connectivity index (χ0n) is 30.7. The van der Waals surface area contributed by atoms with E-state index in [1.807, 2.05) is 0 Å². The van der Waals surface area contributed by atoms with Crippen molar-refractivity contribution in [1.29, 1.82) is 0 Å². The van der Waals surface area contributed by atoms with E-state index in [9.17, 15) is 29.7 Å². The lowest BCUT2D eigenvalue weighted by molar-refractivity contribution is -0.307. The number of ether oxygens (including phenoxy) is 7. The normalized spacial score (nSPS) is 37.4. The third-order valence-corrected chi connectivity index (χ3v) is 10.2. The number of carbonyl (C=O) groups is 3. The van der Waals surface area contributed by atoms with Gasteiger partial charge in [0.05, 0.1) is 56.8 Å². The maximum atomic E-state index is 13.2. The predicted octanol–water partition coefficient (Wildman–Crippen LogP) is 4.32. The second-order valence-electron chi connectivity index (χ2n) is 14.6. The summed E-state index contributed by atoms with van der Waals surface area (Å²) in [6, 6.07) is 0. The third kappa shape index (κ3) is 12.6. The molecule has 4 rings (SSSR count). The molecule has 0 radical (unpaired) electrons. The molecule has 4 aliphatic heterocycles. The Morgan fingerprint density at radius 1 is 1.00 bits per heavy atom. The van der Waals surface area contributed by atoms with Crippen LogP contribution in [-0.2, 0) is 47.5 Å². The molecule has 0 aliphatic carbocycles. The molecule has 0 aromatic rings. The van der Waals surface area contributed by atoms with Crippen LogP contribution in [0.25, 0.3) is 0 Å². The van der Waals surface area contributed by atoms with Gasteiger partial charge in [0.25, 0.3) is 0 Å². The highest BCUT2D eigenvalue weighted by molar-refractivity contribution is 5.83. The molecule has 0 aromatic carbocycles. The molecule has 290 valence electrons. The van der Waals surface area contributed by atoms with E-state index >= 15 is 0 Å². The Morgan fingerprint density at radius 2 is 1.73 bits per heavy atom. The molecule has 13 heteroatoms. The average molecular weight is 725 g/mol. The van der Waals surface area contributed by atoms with Crippen molar-refractivity contribution >= 4 is 17.9 Å². The molecule has 0 saturated carbocycles. The van der Waals surface area contributed by atoms with Gasteiger partial charge in [0.2, 0.25) is 5.79 Å². The highest BCUT2D eigenvalue weighted by Crippen LogP contribution is 2.41. The standard InChI is InChI=1S/C38H60O13/c1-5-6-7-8-9-13-33(41)50-37-26(19-34(42)45-4)18-31-23-32(25(3)39)49-35(43)21-27(40)20-28-11-10-12-29(47-28)22-30-16-17-46-36(48-30)15-14-24(2)38(37,44)51-31/h14-15,19,24-25,27-32,36-37,39-40,44H,5-13,16-18,20-23H2,1-4H3/b15-14+,26-19-/t24-,25?,27+,28-,29+,30-,31?,32?,36-,37-,38-/m0/s1. The Labute approximate surface area is 302 Å². The van der Waals surface area contributed by atoms with Crippen molar-refractivity contribution < 1.29 is 62.9 Å². The maximum absolute atomic E-state index is 13.2. The van der Waals surface area contributed by atoms with Crippen LogP contribution >= 0.6 is 0 Å². The lowest BCUT2D eigenvalue weighted by Gasteiger charge is -2.47. The first-order valence-electron chi connectivity index (χ1n) is 18.9. The fraction of sp³-hybridized carbons (Fsp3) is 0.816. The number of hydrogen-bond donors (Lipinski definition) is 3. The number of rotatable bonds is 9. The number of methoxy groups -OCH3 is 1. The number of unbranched alkanes of at least 4 members (excludes halogenated alkanes) is 4. The van der Waals surface area contributed by atoms with Gasteiger partial charge in [-0.3, -0.25) is 9.59 Å². The first-order chi connectivity index (χ1) is 24.4. The summed E-state index contributed by atoms with van der Waals surface area (Å²) in [5, 5.41) is 33.9. The molecule has 3 unspecified atom stereocenters. The summed E-state index contributed by atoms with van der Waals surface area (Å²) in [7, 11) is 1.22. The fourth-order valence-electron chi connectivity index (χ4n) is 7.35. The van der Waals surface area contributed by atoms with Gasteiger partial charge in [0.1, 0.15) is 6.10 Å². The first kappa shape index (κ1) is 41.4. The second kappa shape index (κ2) is 20.2. The van der Waals surface area contributed by atoms with Crippen LogP contribution in [-0.4, -0.2) is 108 Å². The predicted molar refractivity (Wildman–Crippen MR) is 184 cm³/mol. The van der Waals surface area contributed by atoms with E-state index in [-0.39, 0.29) is 56.0 Å². The number of hydrogen-bond acceptors (Lipinski definition) is 13. The molecule has 3 fully saturated rings. The van der Waals surface area contributed by atoms with Crippen LogP contribution in [0.3, 0.4) is 0 Å². The SMILES string of the molecule is CCCCCCCC(=O)O[C@H]1/C(=C\C(=O)OC)CC2CC(C(C)O)OC(=O)C[C@H](O)C[C@@H]3CCC[C@H](C[C@@H]4CCO[C@H](/C=C/[C@H](C)[C@]1(O)O2)O4)O3. The summed E-state index contributed by atoms with van der Waals surface area (Å²) in [6.07, 6.45) is 6.40. The Kier molecular flexibility index (Phi) is 16.4. The number of esters is 3. The minimum absolute atomic E-state index is 0.00238. The van der Waals surface area contributed by atoms with Gasteiger partial charge in [-0.05, 0) is 63.5 Å². The molecule has 13 nitrogen and oxygen atoms in total. The Balaban J connectivity index is 1.66. The number of aliphatic hydroxyl groups excluding tert-OH is 2. The minimum Gasteiger partial charge on any atom is -0.466 e. The number of carbonyl (C=O) groups excluding carboxylic acids is 3. The lowest BCUT2D eigenvalue weighted by Crippen LogP contribution is -2.58. The molecule has 3 N–H and O–H groups in total. The van der Waals surface area contributed by atoms with E-state index < -0.39 is 66.4 Å². The van der Waals surface area contributed by atoms with Gasteiger partial charge < -0.3 is 48.5 Å². The molecular weight excluding hydrogens is 664 g/mol. The number of fused-ring (bicyclic) bond motifs is 6. The van der Waals surface area contributed by atoms with Crippen LogP contribution in [0.15, 0.2) is 23.8 Å². The number of aliphatic hydroxyl groups is 3. The number of cyclic esters (lactones) is 1. The topological polar surface area (TPSA) is 177 Å². The molecule has 3 saturated heterocycles. The summed E-state index contributed by atoms with van der Waals surface area (Å²) in [5.41, 5.74) is 0.255. The quantitative estimate of drug-likeness (QED) is 0.101. The monoisotopic (exact) mass is 724 g/mol. The van der Waals surface area contributed by atoms with Crippen molar-refractivity contribution in [3.8, 4) is 0 Å². The molecule has 11 atom stereocenters. The lowest BCUT2D eigenvalue weighted by atomic mass is 9.83. The Morgan fingerprint density at radius 3 is 2.45 bits per heavy atom. The molecule has 51 heavy (non-hydrogen) atoms. The van der Waals surface area contributed by atoms with Gasteiger partial charge in [-0.2, -0.15) is 0 Å². The highest BCUT2D eigenvalue weighted by Gasteiger charge is 2.53. The summed E-state index contributed by atoms with van der Waals surface area (Å²) in [5.74, 6) is -4.99. The summed E-state index contributed by atoms with van der Waals surface area (Å²) in [6.45, 7) is 5.73. The van der Waals surface area contributed by atoms with Crippen molar-refractivity contribution in [1.82, 2.24) is 0 Å². The largest absolute Gasteiger partial charge is 0.466 e. The smallest absolute Gasteiger partial charge is 0.330 e. The first-order valence-corrected chi connectivity index (χ1v) is 18.9. The van der Waals surface area contributed by atoms with Crippen molar-refractivity contribution in [3.05, 3.63) is 23.8 Å². The Bertz CT molecular complexity index is 1190. The van der Waals surface area contributed by atoms with Gasteiger partial charge in [-0.1, -0.05) is 45.6 Å². The van der Waals surface area contributed by atoms with Gasteiger partial charge in [0, 0.05) is 31.3 Å². The van der Waals surface area contributed by atoms with Crippen molar-refractivity contribution in [2.45, 2.75) is 178 Å². The van der Waals surface area contributed by atoms with Gasteiger partial charge in [-0.25, -0.2) is 4.79 Å². The molecule has 0 aromatic heterocycles. The van der Waals surface area contributed by atoms with Gasteiger partial charge in [0.15, 0.2) is 12.4 Å². The van der Waals surface area contributed by atoms with Crippen LogP contribution in [0.2, 0.25) is 0 Å². The van der Waals surface area contributed by atoms with Crippen molar-refractivity contribution in [3.63, 3.8) is 0 Å².